The second kappa shape index (κ2) is 4.95. The van der Waals surface area contributed by atoms with Crippen LogP contribution < -0.4 is 0 Å². The predicted octanol–water partition coefficient (Wildman–Crippen LogP) is 1.82. The summed E-state index contributed by atoms with van der Waals surface area (Å²) in [4.78, 5) is 26.8. The summed E-state index contributed by atoms with van der Waals surface area (Å²) in [6.45, 7) is 5.28. The average Bonchev–Trinajstić information content (AvgIpc) is 2.26. The van der Waals surface area contributed by atoms with Gasteiger partial charge in [-0.1, -0.05) is 6.07 Å². The molecule has 0 N–H and O–H groups in total. The van der Waals surface area contributed by atoms with Crippen molar-refractivity contribution >= 4 is 11.9 Å². The average molecular weight is 237 g/mol. The summed E-state index contributed by atoms with van der Waals surface area (Å²) >= 11 is 0. The first-order valence-electron chi connectivity index (χ1n) is 5.12. The van der Waals surface area contributed by atoms with Crippen molar-refractivity contribution in [1.82, 2.24) is 4.98 Å². The van der Waals surface area contributed by atoms with E-state index in [1.54, 1.807) is 26.8 Å². The van der Waals surface area contributed by atoms with Crippen molar-refractivity contribution in [3.63, 3.8) is 0 Å². The standard InChI is InChI=1S/C12H15NO4/c1-12(2,3)17-11(15)9-7-5-6-8(13-9)10(14)16-4/h5-7H,1-4H3. The number of rotatable bonds is 2. The van der Waals surface area contributed by atoms with E-state index in [2.05, 4.69) is 9.72 Å². The van der Waals surface area contributed by atoms with E-state index in [0.717, 1.165) is 0 Å². The van der Waals surface area contributed by atoms with Crippen LogP contribution in [0.1, 0.15) is 41.7 Å². The number of carbonyl (C=O) groups excluding carboxylic acids is 2. The molecule has 0 aliphatic rings. The number of nitrogens with zero attached hydrogens (tertiary/aromatic N) is 1. The Morgan fingerprint density at radius 3 is 2.12 bits per heavy atom. The van der Waals surface area contributed by atoms with Crippen LogP contribution in [0.3, 0.4) is 0 Å². The first kappa shape index (κ1) is 13.2. The molecule has 0 bridgehead atoms. The van der Waals surface area contributed by atoms with Crippen LogP contribution in [0.4, 0.5) is 0 Å². The zero-order valence-corrected chi connectivity index (χ0v) is 10.3. The van der Waals surface area contributed by atoms with Gasteiger partial charge < -0.3 is 9.47 Å². The van der Waals surface area contributed by atoms with Crippen LogP contribution in [0.15, 0.2) is 18.2 Å². The molecule has 1 heterocycles. The van der Waals surface area contributed by atoms with Gasteiger partial charge >= 0.3 is 11.9 Å². The Morgan fingerprint density at radius 2 is 1.65 bits per heavy atom. The van der Waals surface area contributed by atoms with Gasteiger partial charge in [-0.05, 0) is 32.9 Å². The Bertz CT molecular complexity index is 434. The van der Waals surface area contributed by atoms with Gasteiger partial charge in [0.1, 0.15) is 17.0 Å². The van der Waals surface area contributed by atoms with Gasteiger partial charge in [-0.3, -0.25) is 0 Å². The van der Waals surface area contributed by atoms with Gasteiger partial charge in [-0.15, -0.1) is 0 Å². The minimum absolute atomic E-state index is 0.0795. The largest absolute Gasteiger partial charge is 0.464 e. The third-order valence-electron chi connectivity index (χ3n) is 1.75. The molecule has 0 aliphatic carbocycles. The molecule has 0 aromatic carbocycles. The Kier molecular flexibility index (Phi) is 3.83. The Hall–Kier alpha value is -1.91. The van der Waals surface area contributed by atoms with Crippen molar-refractivity contribution in [1.29, 1.82) is 0 Å². The number of hydrogen-bond donors (Lipinski definition) is 0. The maximum Gasteiger partial charge on any atom is 0.357 e. The van der Waals surface area contributed by atoms with Gasteiger partial charge in [-0.2, -0.15) is 0 Å². The minimum Gasteiger partial charge on any atom is -0.464 e. The van der Waals surface area contributed by atoms with Crippen LogP contribution in [0, 0.1) is 0 Å². The molecule has 0 saturated heterocycles. The molecule has 0 spiro atoms. The number of pyridine rings is 1. The number of ether oxygens (including phenoxy) is 2. The van der Waals surface area contributed by atoms with E-state index < -0.39 is 17.5 Å². The maximum atomic E-state index is 11.7. The first-order valence-corrected chi connectivity index (χ1v) is 5.12. The molecule has 17 heavy (non-hydrogen) atoms. The van der Waals surface area contributed by atoms with Crippen molar-refractivity contribution in [2.24, 2.45) is 0 Å². The summed E-state index contributed by atoms with van der Waals surface area (Å²) in [6, 6.07) is 4.51. The molecule has 0 fully saturated rings. The Labute approximate surface area is 99.8 Å². The lowest BCUT2D eigenvalue weighted by molar-refractivity contribution is 0.00627. The molecule has 0 radical (unpaired) electrons. The van der Waals surface area contributed by atoms with Crippen molar-refractivity contribution in [3.8, 4) is 0 Å². The molecule has 1 aromatic heterocycles. The fourth-order valence-corrected chi connectivity index (χ4v) is 1.10. The summed E-state index contributed by atoms with van der Waals surface area (Å²) < 4.78 is 9.66. The summed E-state index contributed by atoms with van der Waals surface area (Å²) in [7, 11) is 1.25. The van der Waals surface area contributed by atoms with Crippen LogP contribution in [-0.4, -0.2) is 29.6 Å². The normalized spacial score (nSPS) is 10.8. The van der Waals surface area contributed by atoms with Gasteiger partial charge in [0, 0.05) is 0 Å². The molecule has 1 aromatic rings. The lowest BCUT2D eigenvalue weighted by atomic mass is 10.2. The summed E-state index contributed by atoms with van der Waals surface area (Å²) in [6.07, 6.45) is 0. The number of esters is 2. The molecule has 0 amide bonds. The van der Waals surface area contributed by atoms with E-state index in [1.165, 1.54) is 19.2 Å². The van der Waals surface area contributed by atoms with E-state index in [9.17, 15) is 9.59 Å². The summed E-state index contributed by atoms with van der Waals surface area (Å²) in [5, 5.41) is 0. The van der Waals surface area contributed by atoms with Crippen LogP contribution in [0.2, 0.25) is 0 Å². The first-order chi connectivity index (χ1) is 7.83. The molecule has 0 saturated carbocycles. The second-order valence-corrected chi connectivity index (χ2v) is 4.40. The Balaban J connectivity index is 2.92. The van der Waals surface area contributed by atoms with Gasteiger partial charge in [-0.25, -0.2) is 14.6 Å². The fourth-order valence-electron chi connectivity index (χ4n) is 1.10. The summed E-state index contributed by atoms with van der Waals surface area (Å²) in [5.74, 6) is -1.15. The van der Waals surface area contributed by atoms with E-state index >= 15 is 0 Å². The van der Waals surface area contributed by atoms with Gasteiger partial charge in [0.05, 0.1) is 7.11 Å². The van der Waals surface area contributed by atoms with Gasteiger partial charge in [0.25, 0.3) is 0 Å². The van der Waals surface area contributed by atoms with Crippen molar-refractivity contribution in [3.05, 3.63) is 29.6 Å². The Morgan fingerprint density at radius 1 is 1.12 bits per heavy atom. The highest BCUT2D eigenvalue weighted by Crippen LogP contribution is 2.11. The van der Waals surface area contributed by atoms with Crippen molar-refractivity contribution in [2.45, 2.75) is 26.4 Å². The molecule has 0 atom stereocenters. The molecular weight excluding hydrogens is 222 g/mol. The highest BCUT2D eigenvalue weighted by molar-refractivity contribution is 5.91. The third kappa shape index (κ3) is 3.86. The number of carbonyl (C=O) groups is 2. The van der Waals surface area contributed by atoms with E-state index in [1.807, 2.05) is 0 Å². The smallest absolute Gasteiger partial charge is 0.357 e. The van der Waals surface area contributed by atoms with Gasteiger partial charge in [0.2, 0.25) is 0 Å². The summed E-state index contributed by atoms with van der Waals surface area (Å²) in [5.41, 5.74) is -0.432. The van der Waals surface area contributed by atoms with E-state index in [0.29, 0.717) is 0 Å². The lowest BCUT2D eigenvalue weighted by Crippen LogP contribution is -2.24. The lowest BCUT2D eigenvalue weighted by Gasteiger charge is -2.19. The maximum absolute atomic E-state index is 11.7. The van der Waals surface area contributed by atoms with Crippen molar-refractivity contribution in [2.75, 3.05) is 7.11 Å². The van der Waals surface area contributed by atoms with E-state index in [-0.39, 0.29) is 11.4 Å². The van der Waals surface area contributed by atoms with E-state index in [4.69, 9.17) is 4.74 Å². The van der Waals surface area contributed by atoms with Crippen LogP contribution in [0.25, 0.3) is 0 Å². The number of hydrogen-bond acceptors (Lipinski definition) is 5. The quantitative estimate of drug-likeness (QED) is 0.734. The molecule has 0 unspecified atom stereocenters. The SMILES string of the molecule is COC(=O)c1cccc(C(=O)OC(C)(C)C)n1. The molecule has 1 rings (SSSR count). The highest BCUT2D eigenvalue weighted by Gasteiger charge is 2.20. The second-order valence-electron chi connectivity index (χ2n) is 4.40. The monoisotopic (exact) mass is 237 g/mol. The fraction of sp³-hybridized carbons (Fsp3) is 0.417. The molecule has 92 valence electrons. The number of aromatic nitrogens is 1. The molecular formula is C12H15NO4. The van der Waals surface area contributed by atoms with Crippen LogP contribution in [-0.2, 0) is 9.47 Å². The molecule has 0 aliphatic heterocycles. The number of methoxy groups -OCH3 is 1. The third-order valence-corrected chi connectivity index (χ3v) is 1.75. The zero-order chi connectivity index (χ0) is 13.1. The molecule has 5 heteroatoms. The molecule has 5 nitrogen and oxygen atoms in total. The topological polar surface area (TPSA) is 65.5 Å². The van der Waals surface area contributed by atoms with Crippen LogP contribution in [0.5, 0.6) is 0 Å². The van der Waals surface area contributed by atoms with Crippen LogP contribution >= 0.6 is 0 Å². The van der Waals surface area contributed by atoms with Crippen molar-refractivity contribution < 1.29 is 19.1 Å². The minimum atomic E-state index is -0.597. The van der Waals surface area contributed by atoms with Gasteiger partial charge in [0.15, 0.2) is 0 Å². The predicted molar refractivity (Wildman–Crippen MR) is 60.7 cm³/mol. The zero-order valence-electron chi connectivity index (χ0n) is 10.3. The highest BCUT2D eigenvalue weighted by atomic mass is 16.6.